The summed E-state index contributed by atoms with van der Waals surface area (Å²) in [6.45, 7) is 4.11. The molecule has 1 aliphatic heterocycles. The number of aromatic nitrogens is 2. The quantitative estimate of drug-likeness (QED) is 0.714. The predicted octanol–water partition coefficient (Wildman–Crippen LogP) is 5.10. The van der Waals surface area contributed by atoms with Crippen LogP contribution in [0.15, 0.2) is 53.4 Å². The Balaban J connectivity index is 2.07. The van der Waals surface area contributed by atoms with E-state index >= 15 is 0 Å². The Morgan fingerprint density at radius 3 is 2.76 bits per heavy atom. The molecule has 2 aromatic carbocycles. The van der Waals surface area contributed by atoms with E-state index in [2.05, 4.69) is 18.1 Å². The Hall–Kier alpha value is -2.53. The lowest BCUT2D eigenvalue weighted by Gasteiger charge is -2.24. The van der Waals surface area contributed by atoms with E-state index in [1.165, 1.54) is 4.90 Å². The standard InChI is InChI=1S/C20H18N2O2S/c1-3-15-17-18(20(23)24)21-22(13-8-6-7-12(2)11-13)19(17)14-9-4-5-10-16(14)25-15/h4-11,15H,3H2,1-2H3,(H,23,24). The molecule has 0 amide bonds. The van der Waals surface area contributed by atoms with Crippen molar-refractivity contribution >= 4 is 17.7 Å². The van der Waals surface area contributed by atoms with Gasteiger partial charge in [-0.1, -0.05) is 37.3 Å². The van der Waals surface area contributed by atoms with Crippen molar-refractivity contribution in [2.75, 3.05) is 0 Å². The molecule has 0 radical (unpaired) electrons. The fourth-order valence-corrected chi connectivity index (χ4v) is 4.63. The maximum absolute atomic E-state index is 11.9. The molecule has 2 heterocycles. The smallest absolute Gasteiger partial charge is 0.356 e. The molecule has 1 aromatic heterocycles. The largest absolute Gasteiger partial charge is 0.476 e. The van der Waals surface area contributed by atoms with E-state index in [-0.39, 0.29) is 10.9 Å². The highest BCUT2D eigenvalue weighted by Gasteiger charge is 2.34. The van der Waals surface area contributed by atoms with E-state index in [0.29, 0.717) is 0 Å². The molecular formula is C20H18N2O2S. The number of fused-ring (bicyclic) bond motifs is 3. The van der Waals surface area contributed by atoms with E-state index in [4.69, 9.17) is 0 Å². The molecule has 3 aromatic rings. The molecule has 5 heteroatoms. The van der Waals surface area contributed by atoms with Gasteiger partial charge in [0.25, 0.3) is 0 Å². The summed E-state index contributed by atoms with van der Waals surface area (Å²) in [5.74, 6) is -0.971. The summed E-state index contributed by atoms with van der Waals surface area (Å²) < 4.78 is 1.80. The van der Waals surface area contributed by atoms with Gasteiger partial charge >= 0.3 is 5.97 Å². The number of hydrogen-bond acceptors (Lipinski definition) is 3. The lowest BCUT2D eigenvalue weighted by atomic mass is 10.00. The molecule has 0 saturated carbocycles. The Kier molecular flexibility index (Phi) is 3.88. The molecule has 25 heavy (non-hydrogen) atoms. The Bertz CT molecular complexity index is 978. The van der Waals surface area contributed by atoms with Crippen molar-refractivity contribution in [3.8, 4) is 16.9 Å². The lowest BCUT2D eigenvalue weighted by Crippen LogP contribution is -2.08. The second-order valence-electron chi connectivity index (χ2n) is 6.18. The van der Waals surface area contributed by atoms with Gasteiger partial charge in [0.2, 0.25) is 0 Å². The third-order valence-electron chi connectivity index (χ3n) is 4.48. The topological polar surface area (TPSA) is 55.1 Å². The summed E-state index contributed by atoms with van der Waals surface area (Å²) in [5, 5.41) is 14.3. The molecule has 0 spiro atoms. The molecule has 0 aliphatic carbocycles. The normalized spacial score (nSPS) is 15.5. The third kappa shape index (κ3) is 2.55. The zero-order chi connectivity index (χ0) is 17.6. The van der Waals surface area contributed by atoms with Crippen LogP contribution in [-0.4, -0.2) is 20.9 Å². The van der Waals surface area contributed by atoms with E-state index in [0.717, 1.165) is 34.5 Å². The van der Waals surface area contributed by atoms with Crippen LogP contribution in [0.5, 0.6) is 0 Å². The van der Waals surface area contributed by atoms with Crippen molar-refractivity contribution in [1.82, 2.24) is 9.78 Å². The van der Waals surface area contributed by atoms with Crippen LogP contribution in [0.4, 0.5) is 0 Å². The molecule has 4 nitrogen and oxygen atoms in total. The molecule has 1 atom stereocenters. The first-order valence-electron chi connectivity index (χ1n) is 8.29. The number of aromatic carboxylic acids is 1. The highest BCUT2D eigenvalue weighted by molar-refractivity contribution is 7.99. The van der Waals surface area contributed by atoms with Crippen LogP contribution in [0.1, 0.15) is 40.2 Å². The fraction of sp³-hybridized carbons (Fsp3) is 0.200. The van der Waals surface area contributed by atoms with Gasteiger partial charge in [0.05, 0.1) is 11.4 Å². The highest BCUT2D eigenvalue weighted by Crippen LogP contribution is 2.51. The van der Waals surface area contributed by atoms with Gasteiger partial charge in [-0.15, -0.1) is 11.8 Å². The first kappa shape index (κ1) is 16.0. The molecule has 1 N–H and O–H groups in total. The number of aryl methyl sites for hydroxylation is 1. The number of rotatable bonds is 3. The third-order valence-corrected chi connectivity index (χ3v) is 5.94. The SMILES string of the molecule is CCC1Sc2ccccc2-c2c1c(C(=O)O)nn2-c1cccc(C)c1. The monoisotopic (exact) mass is 350 g/mol. The molecule has 1 aliphatic rings. The second-order valence-corrected chi connectivity index (χ2v) is 7.42. The van der Waals surface area contributed by atoms with Gasteiger partial charge in [0, 0.05) is 21.3 Å². The van der Waals surface area contributed by atoms with Crippen LogP contribution in [0, 0.1) is 6.92 Å². The van der Waals surface area contributed by atoms with E-state index in [9.17, 15) is 9.90 Å². The van der Waals surface area contributed by atoms with Crippen molar-refractivity contribution in [3.05, 3.63) is 65.4 Å². The van der Waals surface area contributed by atoms with E-state index in [1.54, 1.807) is 16.4 Å². The average molecular weight is 350 g/mol. The molecule has 0 saturated heterocycles. The minimum Gasteiger partial charge on any atom is -0.476 e. The molecule has 0 fully saturated rings. The van der Waals surface area contributed by atoms with Gasteiger partial charge in [0.1, 0.15) is 0 Å². The number of carboxylic acids is 1. The minimum absolute atomic E-state index is 0.0922. The maximum Gasteiger partial charge on any atom is 0.356 e. The summed E-state index contributed by atoms with van der Waals surface area (Å²) >= 11 is 1.73. The number of hydrogen-bond donors (Lipinski definition) is 1. The maximum atomic E-state index is 11.9. The number of benzene rings is 2. The van der Waals surface area contributed by atoms with Crippen LogP contribution in [0.25, 0.3) is 16.9 Å². The van der Waals surface area contributed by atoms with E-state index < -0.39 is 5.97 Å². The Morgan fingerprint density at radius 1 is 1.24 bits per heavy atom. The summed E-state index contributed by atoms with van der Waals surface area (Å²) in [5.41, 5.74) is 4.95. The van der Waals surface area contributed by atoms with Gasteiger partial charge in [-0.3, -0.25) is 0 Å². The molecule has 0 bridgehead atoms. The van der Waals surface area contributed by atoms with Crippen molar-refractivity contribution < 1.29 is 9.90 Å². The summed E-state index contributed by atoms with van der Waals surface area (Å²) in [7, 11) is 0. The predicted molar refractivity (Wildman–Crippen MR) is 99.6 cm³/mol. The minimum atomic E-state index is -0.971. The summed E-state index contributed by atoms with van der Waals surface area (Å²) in [6, 6.07) is 16.2. The molecular weight excluding hydrogens is 332 g/mol. The zero-order valence-corrected chi connectivity index (χ0v) is 14.9. The van der Waals surface area contributed by atoms with Gasteiger partial charge < -0.3 is 5.11 Å². The van der Waals surface area contributed by atoms with Gasteiger partial charge in [-0.25, -0.2) is 9.48 Å². The van der Waals surface area contributed by atoms with Gasteiger partial charge in [-0.05, 0) is 37.1 Å². The highest BCUT2D eigenvalue weighted by atomic mass is 32.2. The van der Waals surface area contributed by atoms with Crippen molar-refractivity contribution in [3.63, 3.8) is 0 Å². The number of nitrogens with zero attached hydrogens (tertiary/aromatic N) is 2. The van der Waals surface area contributed by atoms with Crippen LogP contribution >= 0.6 is 11.8 Å². The Morgan fingerprint density at radius 2 is 2.04 bits per heavy atom. The number of carboxylic acid groups (broad SMARTS) is 1. The van der Waals surface area contributed by atoms with Gasteiger partial charge in [0.15, 0.2) is 5.69 Å². The van der Waals surface area contributed by atoms with Crippen LogP contribution < -0.4 is 0 Å². The van der Waals surface area contributed by atoms with Crippen molar-refractivity contribution in [2.24, 2.45) is 0 Å². The first-order valence-corrected chi connectivity index (χ1v) is 9.17. The second kappa shape index (κ2) is 6.08. The summed E-state index contributed by atoms with van der Waals surface area (Å²) in [6.07, 6.45) is 0.853. The number of carbonyl (C=O) groups is 1. The van der Waals surface area contributed by atoms with Crippen LogP contribution in [0.3, 0.4) is 0 Å². The zero-order valence-electron chi connectivity index (χ0n) is 14.1. The fourth-order valence-electron chi connectivity index (χ4n) is 3.36. The average Bonchev–Trinajstić information content (AvgIpc) is 3.02. The lowest BCUT2D eigenvalue weighted by molar-refractivity contribution is 0.0688. The molecule has 126 valence electrons. The first-order chi connectivity index (χ1) is 12.1. The van der Waals surface area contributed by atoms with Crippen LogP contribution in [0.2, 0.25) is 0 Å². The summed E-state index contributed by atoms with van der Waals surface area (Å²) in [4.78, 5) is 13.0. The molecule has 4 rings (SSSR count). The Labute approximate surface area is 150 Å². The van der Waals surface area contributed by atoms with Crippen LogP contribution in [-0.2, 0) is 0 Å². The van der Waals surface area contributed by atoms with Gasteiger partial charge in [-0.2, -0.15) is 5.10 Å². The molecule has 1 unspecified atom stereocenters. The van der Waals surface area contributed by atoms with E-state index in [1.807, 2.05) is 49.4 Å². The van der Waals surface area contributed by atoms with Crippen molar-refractivity contribution in [1.29, 1.82) is 0 Å². The number of thioether (sulfide) groups is 1. The van der Waals surface area contributed by atoms with Crippen molar-refractivity contribution in [2.45, 2.75) is 30.4 Å².